The highest BCUT2D eigenvalue weighted by atomic mass is 32.2. The second kappa shape index (κ2) is 9.28. The molecule has 180 valence electrons. The third-order valence-electron chi connectivity index (χ3n) is 6.74. The maximum atomic E-state index is 13.2. The van der Waals surface area contributed by atoms with Crippen molar-refractivity contribution in [3.8, 4) is 11.1 Å². The predicted octanol–water partition coefficient (Wildman–Crippen LogP) is 4.78. The van der Waals surface area contributed by atoms with Gasteiger partial charge in [0, 0.05) is 24.7 Å². The zero-order valence-corrected chi connectivity index (χ0v) is 19.9. The van der Waals surface area contributed by atoms with Crippen LogP contribution in [0.1, 0.15) is 40.2 Å². The fourth-order valence-corrected chi connectivity index (χ4v) is 6.47. The Morgan fingerprint density at radius 1 is 1.00 bits per heavy atom. The van der Waals surface area contributed by atoms with Crippen LogP contribution in [-0.2, 0) is 15.8 Å². The molecule has 0 spiro atoms. The van der Waals surface area contributed by atoms with Gasteiger partial charge in [-0.25, -0.2) is 17.1 Å². The Kier molecular flexibility index (Phi) is 6.17. The lowest BCUT2D eigenvalue weighted by atomic mass is 9.88. The topological polar surface area (TPSA) is 96.3 Å². The number of rotatable bonds is 6. The number of H-pyrrole nitrogens is 1. The first-order chi connectivity index (χ1) is 16.8. The summed E-state index contributed by atoms with van der Waals surface area (Å²) in [6.45, 7) is 0.809. The number of nitrogens with zero attached hydrogens (tertiary/aromatic N) is 1. The molecule has 0 radical (unpaired) electrons. The summed E-state index contributed by atoms with van der Waals surface area (Å²) in [6, 6.07) is 19.3. The number of hydrogen-bond donors (Lipinski definition) is 2. The van der Waals surface area contributed by atoms with E-state index in [-0.39, 0.29) is 17.5 Å². The van der Waals surface area contributed by atoms with Crippen molar-refractivity contribution in [2.45, 2.75) is 24.5 Å². The summed E-state index contributed by atoms with van der Waals surface area (Å²) >= 11 is 0. The van der Waals surface area contributed by atoms with E-state index in [1.165, 1.54) is 28.6 Å². The van der Waals surface area contributed by atoms with Crippen molar-refractivity contribution >= 4 is 26.8 Å². The van der Waals surface area contributed by atoms with E-state index >= 15 is 0 Å². The number of carbonyl (C=O) groups excluding carboxylic acids is 1. The van der Waals surface area contributed by atoms with E-state index < -0.39 is 15.9 Å². The van der Waals surface area contributed by atoms with Crippen molar-refractivity contribution in [2.75, 3.05) is 13.1 Å². The minimum atomic E-state index is -3.50. The third kappa shape index (κ3) is 4.72. The van der Waals surface area contributed by atoms with Crippen LogP contribution in [0.2, 0.25) is 0 Å². The zero-order valence-electron chi connectivity index (χ0n) is 19.1. The molecule has 1 saturated heterocycles. The first-order valence-electron chi connectivity index (χ1n) is 11.5. The molecule has 1 fully saturated rings. The molecule has 0 bridgehead atoms. The Balaban J connectivity index is 1.39. The van der Waals surface area contributed by atoms with Gasteiger partial charge in [-0.15, -0.1) is 0 Å². The summed E-state index contributed by atoms with van der Waals surface area (Å²) in [5.74, 6) is -0.885. The minimum Gasteiger partial charge on any atom is -0.366 e. The number of fused-ring (bicyclic) bond motifs is 1. The summed E-state index contributed by atoms with van der Waals surface area (Å²) in [6.07, 6.45) is 3.24. The second-order valence-corrected chi connectivity index (χ2v) is 10.9. The Morgan fingerprint density at radius 3 is 2.34 bits per heavy atom. The number of nitrogens with two attached hydrogens (primary N) is 1. The lowest BCUT2D eigenvalue weighted by molar-refractivity contribution is 0.100. The number of nitrogens with one attached hydrogen (secondary N) is 1. The van der Waals surface area contributed by atoms with Gasteiger partial charge in [-0.3, -0.25) is 4.79 Å². The van der Waals surface area contributed by atoms with Gasteiger partial charge in [0.25, 0.3) is 5.91 Å². The summed E-state index contributed by atoms with van der Waals surface area (Å²) in [4.78, 5) is 15.4. The van der Waals surface area contributed by atoms with E-state index in [9.17, 15) is 17.6 Å². The zero-order chi connectivity index (χ0) is 24.6. The molecule has 3 aromatic carbocycles. The molecule has 0 saturated carbocycles. The molecule has 4 aromatic rings. The highest BCUT2D eigenvalue weighted by molar-refractivity contribution is 7.88. The second-order valence-electron chi connectivity index (χ2n) is 8.98. The van der Waals surface area contributed by atoms with Gasteiger partial charge in [0.2, 0.25) is 10.0 Å². The summed E-state index contributed by atoms with van der Waals surface area (Å²) in [7, 11) is -3.50. The van der Waals surface area contributed by atoms with Crippen molar-refractivity contribution in [1.29, 1.82) is 0 Å². The molecule has 1 aliphatic rings. The van der Waals surface area contributed by atoms with Gasteiger partial charge in [0.05, 0.1) is 16.8 Å². The van der Waals surface area contributed by atoms with Crippen LogP contribution in [0.3, 0.4) is 0 Å². The van der Waals surface area contributed by atoms with E-state index in [2.05, 4.69) is 11.1 Å². The Bertz CT molecular complexity index is 1470. The van der Waals surface area contributed by atoms with Crippen molar-refractivity contribution < 1.29 is 17.6 Å². The van der Waals surface area contributed by atoms with Crippen LogP contribution in [-0.4, -0.2) is 36.7 Å². The Labute approximate surface area is 203 Å². The van der Waals surface area contributed by atoms with E-state index in [0.29, 0.717) is 42.6 Å². The number of amides is 1. The van der Waals surface area contributed by atoms with Gasteiger partial charge >= 0.3 is 0 Å². The standard InChI is InChI=1S/C27H26FN3O3S/c28-22-8-6-18(7-9-22)17-35(33,34)31-12-10-20(11-13-31)25-16-30-26-23(25)14-21(15-24(26)27(29)32)19-4-2-1-3-5-19/h1-9,14-16,20,30H,10-13,17H2,(H2,29,32). The molecule has 5 rings (SSSR count). The Hall–Kier alpha value is -3.49. The van der Waals surface area contributed by atoms with Crippen molar-refractivity contribution in [1.82, 2.24) is 9.29 Å². The minimum absolute atomic E-state index is 0.145. The van der Waals surface area contributed by atoms with Crippen LogP contribution in [0.25, 0.3) is 22.0 Å². The molecular weight excluding hydrogens is 465 g/mol. The lowest BCUT2D eigenvalue weighted by Gasteiger charge is -2.31. The van der Waals surface area contributed by atoms with Crippen LogP contribution in [0, 0.1) is 5.82 Å². The normalized spacial score (nSPS) is 15.5. The molecule has 2 heterocycles. The molecule has 8 heteroatoms. The van der Waals surface area contributed by atoms with E-state index in [0.717, 1.165) is 22.1 Å². The first kappa shape index (κ1) is 23.3. The molecule has 6 nitrogen and oxygen atoms in total. The number of hydrogen-bond acceptors (Lipinski definition) is 3. The van der Waals surface area contributed by atoms with Crippen LogP contribution in [0.5, 0.6) is 0 Å². The van der Waals surface area contributed by atoms with Crippen molar-refractivity contribution in [3.63, 3.8) is 0 Å². The van der Waals surface area contributed by atoms with Crippen LogP contribution in [0.4, 0.5) is 4.39 Å². The van der Waals surface area contributed by atoms with Gasteiger partial charge in [0.1, 0.15) is 5.82 Å². The number of halogens is 1. The maximum Gasteiger partial charge on any atom is 0.250 e. The van der Waals surface area contributed by atoms with Crippen molar-refractivity contribution in [2.24, 2.45) is 5.73 Å². The number of piperidine rings is 1. The molecule has 1 aromatic heterocycles. The molecule has 3 N–H and O–H groups in total. The number of aromatic nitrogens is 1. The highest BCUT2D eigenvalue weighted by Crippen LogP contribution is 2.37. The number of carbonyl (C=O) groups is 1. The molecule has 0 aliphatic carbocycles. The highest BCUT2D eigenvalue weighted by Gasteiger charge is 2.30. The monoisotopic (exact) mass is 491 g/mol. The first-order valence-corrected chi connectivity index (χ1v) is 13.2. The van der Waals surface area contributed by atoms with Crippen LogP contribution >= 0.6 is 0 Å². The van der Waals surface area contributed by atoms with Crippen molar-refractivity contribution in [3.05, 3.63) is 95.4 Å². The molecule has 0 unspecified atom stereocenters. The number of sulfonamides is 1. The van der Waals surface area contributed by atoms with E-state index in [1.54, 1.807) is 0 Å². The van der Waals surface area contributed by atoms with Gasteiger partial charge in [0.15, 0.2) is 0 Å². The van der Waals surface area contributed by atoms with E-state index in [4.69, 9.17) is 5.73 Å². The van der Waals surface area contributed by atoms with E-state index in [1.807, 2.05) is 42.6 Å². The quantitative estimate of drug-likeness (QED) is 0.406. The SMILES string of the molecule is NC(=O)c1cc(-c2ccccc2)cc2c(C3CCN(S(=O)(=O)Cc4ccc(F)cc4)CC3)c[nH]c12. The van der Waals surface area contributed by atoms with Gasteiger partial charge < -0.3 is 10.7 Å². The molecule has 0 atom stereocenters. The number of benzene rings is 3. The number of primary amides is 1. The Morgan fingerprint density at radius 2 is 1.69 bits per heavy atom. The lowest BCUT2D eigenvalue weighted by Crippen LogP contribution is -2.38. The van der Waals surface area contributed by atoms with Gasteiger partial charge in [-0.1, -0.05) is 42.5 Å². The predicted molar refractivity (Wildman–Crippen MR) is 135 cm³/mol. The average molecular weight is 492 g/mol. The largest absolute Gasteiger partial charge is 0.366 e. The summed E-state index contributed by atoms with van der Waals surface area (Å²) in [5.41, 5.74) is 10.4. The molecular formula is C27H26FN3O3S. The summed E-state index contributed by atoms with van der Waals surface area (Å²) < 4.78 is 40.6. The molecule has 1 amide bonds. The van der Waals surface area contributed by atoms with Crippen LogP contribution < -0.4 is 5.73 Å². The molecule has 35 heavy (non-hydrogen) atoms. The molecule has 1 aliphatic heterocycles. The van der Waals surface area contributed by atoms with Gasteiger partial charge in [-0.05, 0) is 65.3 Å². The maximum absolute atomic E-state index is 13.2. The fraction of sp³-hybridized carbons (Fsp3) is 0.222. The summed E-state index contributed by atoms with van der Waals surface area (Å²) in [5, 5.41) is 0.938. The number of aromatic amines is 1. The van der Waals surface area contributed by atoms with Gasteiger partial charge in [-0.2, -0.15) is 0 Å². The third-order valence-corrected chi connectivity index (χ3v) is 8.59. The smallest absolute Gasteiger partial charge is 0.250 e. The average Bonchev–Trinajstić information content (AvgIpc) is 3.29. The van der Waals surface area contributed by atoms with Crippen LogP contribution in [0.15, 0.2) is 72.9 Å². The fourth-order valence-electron chi connectivity index (χ4n) is 4.91.